The minimum absolute atomic E-state index is 0.459. The third-order valence-electron chi connectivity index (χ3n) is 1.81. The zero-order valence-corrected chi connectivity index (χ0v) is 7.71. The highest BCUT2D eigenvalue weighted by Crippen LogP contribution is 2.24. The van der Waals surface area contributed by atoms with Crippen LogP contribution < -0.4 is 5.73 Å². The Kier molecular flexibility index (Phi) is 2.75. The maximum absolute atomic E-state index is 10.7. The number of nitrogens with zero attached hydrogens (tertiary/aromatic N) is 1. The monoisotopic (exact) mass is 226 g/mol. The Balaban J connectivity index is 3.58. The summed E-state index contributed by atoms with van der Waals surface area (Å²) in [6, 6.07) is 1.46. The van der Waals surface area contributed by atoms with Crippen LogP contribution in [0.3, 0.4) is 0 Å². The number of benzene rings is 1. The van der Waals surface area contributed by atoms with Gasteiger partial charge in [-0.05, 0) is 0 Å². The summed E-state index contributed by atoms with van der Waals surface area (Å²) >= 11 is 0. The van der Waals surface area contributed by atoms with Crippen molar-refractivity contribution in [1.29, 1.82) is 0 Å². The fourth-order valence-corrected chi connectivity index (χ4v) is 1.16. The lowest BCUT2D eigenvalue weighted by Crippen LogP contribution is -2.12. The summed E-state index contributed by atoms with van der Waals surface area (Å²) in [5, 5.41) is 27.8. The molecule has 0 radical (unpaired) electrons. The number of carbonyl (C=O) groups is 2. The van der Waals surface area contributed by atoms with Crippen molar-refractivity contribution in [3.63, 3.8) is 0 Å². The van der Waals surface area contributed by atoms with Crippen molar-refractivity contribution >= 4 is 23.3 Å². The number of anilines is 1. The molecule has 0 unspecified atom stereocenters. The van der Waals surface area contributed by atoms with Crippen molar-refractivity contribution in [3.05, 3.63) is 33.4 Å². The highest BCUT2D eigenvalue weighted by molar-refractivity contribution is 6.06. The maximum atomic E-state index is 10.7. The van der Waals surface area contributed by atoms with Gasteiger partial charge in [0, 0.05) is 12.1 Å². The summed E-state index contributed by atoms with van der Waals surface area (Å²) in [7, 11) is 0. The Morgan fingerprint density at radius 3 is 2.19 bits per heavy atom. The van der Waals surface area contributed by atoms with Crippen molar-refractivity contribution in [2.24, 2.45) is 0 Å². The van der Waals surface area contributed by atoms with Crippen molar-refractivity contribution in [1.82, 2.24) is 0 Å². The number of carboxylic acids is 2. The quantitative estimate of drug-likeness (QED) is 0.388. The smallest absolute Gasteiger partial charge is 0.338 e. The van der Waals surface area contributed by atoms with Gasteiger partial charge >= 0.3 is 11.9 Å². The average molecular weight is 226 g/mol. The van der Waals surface area contributed by atoms with E-state index in [0.29, 0.717) is 6.07 Å². The lowest BCUT2D eigenvalue weighted by Gasteiger charge is -2.04. The molecule has 0 aliphatic heterocycles. The van der Waals surface area contributed by atoms with E-state index >= 15 is 0 Å². The lowest BCUT2D eigenvalue weighted by atomic mass is 10.0. The second kappa shape index (κ2) is 3.85. The molecule has 0 aliphatic rings. The van der Waals surface area contributed by atoms with Gasteiger partial charge in [0.15, 0.2) is 0 Å². The van der Waals surface area contributed by atoms with Gasteiger partial charge < -0.3 is 15.9 Å². The molecule has 8 nitrogen and oxygen atoms in total. The second-order valence-corrected chi connectivity index (χ2v) is 2.82. The second-order valence-electron chi connectivity index (χ2n) is 2.82. The highest BCUT2D eigenvalue weighted by atomic mass is 16.6. The fraction of sp³-hybridized carbons (Fsp3) is 0. The number of nitrogens with two attached hydrogens (primary N) is 1. The number of rotatable bonds is 3. The van der Waals surface area contributed by atoms with Crippen LogP contribution in [0, 0.1) is 10.1 Å². The number of non-ortho nitro benzene ring substituents is 1. The fourth-order valence-electron chi connectivity index (χ4n) is 1.16. The first-order valence-electron chi connectivity index (χ1n) is 3.89. The van der Waals surface area contributed by atoms with E-state index in [4.69, 9.17) is 15.9 Å². The van der Waals surface area contributed by atoms with Gasteiger partial charge in [0.1, 0.15) is 0 Å². The summed E-state index contributed by atoms with van der Waals surface area (Å²) in [4.78, 5) is 31.0. The van der Waals surface area contributed by atoms with Crippen LogP contribution in [0.1, 0.15) is 20.7 Å². The summed E-state index contributed by atoms with van der Waals surface area (Å²) in [5.41, 5.74) is 2.86. The SMILES string of the molecule is Nc1cc([N+](=O)[O-])cc(C(=O)O)c1C(=O)O. The summed E-state index contributed by atoms with van der Waals surface area (Å²) in [6.45, 7) is 0. The molecule has 0 atom stereocenters. The summed E-state index contributed by atoms with van der Waals surface area (Å²) < 4.78 is 0. The molecular formula is C8H6N2O6. The normalized spacial score (nSPS) is 9.75. The van der Waals surface area contributed by atoms with Gasteiger partial charge in [-0.25, -0.2) is 9.59 Å². The van der Waals surface area contributed by atoms with Crippen molar-refractivity contribution in [3.8, 4) is 0 Å². The molecule has 1 rings (SSSR count). The Hall–Kier alpha value is -2.64. The van der Waals surface area contributed by atoms with Gasteiger partial charge in [0.25, 0.3) is 5.69 Å². The van der Waals surface area contributed by atoms with Crippen LogP contribution in [-0.4, -0.2) is 27.1 Å². The number of aromatic carboxylic acids is 2. The zero-order valence-electron chi connectivity index (χ0n) is 7.71. The average Bonchev–Trinajstić information content (AvgIpc) is 2.15. The van der Waals surface area contributed by atoms with Gasteiger partial charge in [-0.1, -0.05) is 0 Å². The van der Waals surface area contributed by atoms with Crippen LogP contribution in [0.5, 0.6) is 0 Å². The molecule has 4 N–H and O–H groups in total. The highest BCUT2D eigenvalue weighted by Gasteiger charge is 2.23. The van der Waals surface area contributed by atoms with E-state index in [2.05, 4.69) is 0 Å². The Morgan fingerprint density at radius 1 is 1.25 bits per heavy atom. The van der Waals surface area contributed by atoms with Crippen LogP contribution in [-0.2, 0) is 0 Å². The van der Waals surface area contributed by atoms with E-state index in [0.717, 1.165) is 6.07 Å². The van der Waals surface area contributed by atoms with E-state index in [1.54, 1.807) is 0 Å². The molecule has 0 heterocycles. The van der Waals surface area contributed by atoms with Crippen molar-refractivity contribution in [2.75, 3.05) is 5.73 Å². The molecule has 0 amide bonds. The van der Waals surface area contributed by atoms with Gasteiger partial charge in [-0.2, -0.15) is 0 Å². The Labute approximate surface area is 88.1 Å². The topological polar surface area (TPSA) is 144 Å². The number of hydrogen-bond donors (Lipinski definition) is 3. The molecule has 0 saturated carbocycles. The molecular weight excluding hydrogens is 220 g/mol. The summed E-state index contributed by atoms with van der Waals surface area (Å²) in [6.07, 6.45) is 0. The van der Waals surface area contributed by atoms with Gasteiger partial charge in [-0.3, -0.25) is 10.1 Å². The minimum Gasteiger partial charge on any atom is -0.478 e. The molecule has 0 spiro atoms. The van der Waals surface area contributed by atoms with Crippen molar-refractivity contribution in [2.45, 2.75) is 0 Å². The van der Waals surface area contributed by atoms with Gasteiger partial charge in [-0.15, -0.1) is 0 Å². The summed E-state index contributed by atoms with van der Waals surface area (Å²) in [5.74, 6) is -3.14. The van der Waals surface area contributed by atoms with Crippen LogP contribution in [0.15, 0.2) is 12.1 Å². The maximum Gasteiger partial charge on any atom is 0.338 e. The number of nitrogen functional groups attached to an aromatic ring is 1. The van der Waals surface area contributed by atoms with Crippen LogP contribution in [0.4, 0.5) is 11.4 Å². The zero-order chi connectivity index (χ0) is 12.5. The molecule has 0 aromatic heterocycles. The number of carboxylic acid groups (broad SMARTS) is 2. The predicted octanol–water partition coefficient (Wildman–Crippen LogP) is 0.573. The first-order valence-corrected chi connectivity index (χ1v) is 3.89. The van der Waals surface area contributed by atoms with E-state index < -0.39 is 39.4 Å². The molecule has 84 valence electrons. The van der Waals surface area contributed by atoms with E-state index in [1.807, 2.05) is 0 Å². The number of hydrogen-bond acceptors (Lipinski definition) is 5. The molecule has 0 aliphatic carbocycles. The molecule has 1 aromatic carbocycles. The standard InChI is InChI=1S/C8H6N2O6/c9-5-2-3(10(15)16)1-4(7(11)12)6(5)8(13)14/h1-2H,9H2,(H,11,12)(H,13,14). The van der Waals surface area contributed by atoms with E-state index in [9.17, 15) is 19.7 Å². The molecule has 8 heteroatoms. The first kappa shape index (κ1) is 11.4. The molecule has 0 saturated heterocycles. The first-order chi connectivity index (χ1) is 7.34. The van der Waals surface area contributed by atoms with Crippen molar-refractivity contribution < 1.29 is 24.7 Å². The third kappa shape index (κ3) is 1.90. The van der Waals surface area contributed by atoms with Crippen LogP contribution in [0.25, 0.3) is 0 Å². The number of nitro benzene ring substituents is 1. The van der Waals surface area contributed by atoms with Gasteiger partial charge in [0.05, 0.1) is 21.7 Å². The molecule has 0 fully saturated rings. The predicted molar refractivity (Wildman–Crippen MR) is 51.4 cm³/mol. The molecule has 1 aromatic rings. The van der Waals surface area contributed by atoms with E-state index in [-0.39, 0.29) is 0 Å². The molecule has 16 heavy (non-hydrogen) atoms. The van der Waals surface area contributed by atoms with Crippen LogP contribution >= 0.6 is 0 Å². The van der Waals surface area contributed by atoms with Gasteiger partial charge in [0.2, 0.25) is 0 Å². The van der Waals surface area contributed by atoms with Crippen LogP contribution in [0.2, 0.25) is 0 Å². The third-order valence-corrected chi connectivity index (χ3v) is 1.81. The molecule has 0 bridgehead atoms. The Bertz CT molecular complexity index is 496. The lowest BCUT2D eigenvalue weighted by molar-refractivity contribution is -0.384. The largest absolute Gasteiger partial charge is 0.478 e. The number of nitro groups is 1. The van der Waals surface area contributed by atoms with E-state index in [1.165, 1.54) is 0 Å². The Morgan fingerprint density at radius 2 is 1.81 bits per heavy atom. The minimum atomic E-state index is -1.59.